The van der Waals surface area contributed by atoms with E-state index in [0.29, 0.717) is 12.3 Å². The third-order valence-corrected chi connectivity index (χ3v) is 2.78. The summed E-state index contributed by atoms with van der Waals surface area (Å²) in [6, 6.07) is 0. The van der Waals surface area contributed by atoms with Crippen molar-refractivity contribution in [2.45, 2.75) is 47.5 Å². The van der Waals surface area contributed by atoms with Crippen LogP contribution in [-0.4, -0.2) is 5.24 Å². The van der Waals surface area contributed by atoms with Crippen molar-refractivity contribution in [2.75, 3.05) is 0 Å². The van der Waals surface area contributed by atoms with Gasteiger partial charge in [0.15, 0.2) is 0 Å². The summed E-state index contributed by atoms with van der Waals surface area (Å²) in [5.41, 5.74) is 0.0100. The molecule has 0 heterocycles. The van der Waals surface area contributed by atoms with Gasteiger partial charge in [0.1, 0.15) is 0 Å². The Hall–Kier alpha value is 1.06. The first kappa shape index (κ1) is 17.5. The summed E-state index contributed by atoms with van der Waals surface area (Å²) in [5, 5.41) is -0.231. The first-order chi connectivity index (χ1) is 5.75. The van der Waals surface area contributed by atoms with Crippen molar-refractivity contribution in [2.24, 2.45) is 11.3 Å². The molecule has 0 amide bonds. The summed E-state index contributed by atoms with van der Waals surface area (Å²) in [4.78, 5) is 10.8. The predicted molar refractivity (Wildman–Crippen MR) is 57.6 cm³/mol. The van der Waals surface area contributed by atoms with Gasteiger partial charge in [0.25, 0.3) is 0 Å². The average molecular weight is 293 g/mol. The monoisotopic (exact) mass is 292 g/mol. The molecule has 0 aliphatic heterocycles. The van der Waals surface area contributed by atoms with Crippen LogP contribution in [0.15, 0.2) is 0 Å². The van der Waals surface area contributed by atoms with Crippen molar-refractivity contribution >= 4 is 16.8 Å². The molecular formula is C11H20ClOY+2. The standard InChI is InChI=1S/C11H20ClO.Y/c1-8(2)6-9(3)11(4,5)7-10(12)13;/h9H,6-7H2,1-5H3;/q-1;+3. The van der Waals surface area contributed by atoms with Gasteiger partial charge in [0, 0.05) is 6.42 Å². The van der Waals surface area contributed by atoms with Gasteiger partial charge in [0.2, 0.25) is 5.24 Å². The first-order valence-electron chi connectivity index (χ1n) is 4.73. The first-order valence-corrected chi connectivity index (χ1v) is 5.11. The Morgan fingerprint density at radius 3 is 2.14 bits per heavy atom. The summed E-state index contributed by atoms with van der Waals surface area (Å²) in [6.45, 7) is 10.6. The molecule has 0 saturated heterocycles. The molecule has 0 N–H and O–H groups in total. The average Bonchev–Trinajstić information content (AvgIpc) is 1.81. The molecule has 0 aliphatic rings. The Bertz CT molecular complexity index is 178. The minimum absolute atomic E-state index is 0. The zero-order chi connectivity index (χ0) is 10.6. The molecule has 0 radical (unpaired) electrons. The van der Waals surface area contributed by atoms with Gasteiger partial charge in [0.05, 0.1) is 0 Å². The van der Waals surface area contributed by atoms with Gasteiger partial charge in [-0.1, -0.05) is 26.7 Å². The molecule has 1 nitrogen and oxygen atoms in total. The molecule has 0 saturated carbocycles. The van der Waals surface area contributed by atoms with E-state index in [-0.39, 0.29) is 43.4 Å². The molecule has 14 heavy (non-hydrogen) atoms. The van der Waals surface area contributed by atoms with E-state index in [9.17, 15) is 4.79 Å². The van der Waals surface area contributed by atoms with Crippen LogP contribution >= 0.6 is 11.6 Å². The Kier molecular flexibility index (Phi) is 9.17. The molecule has 1 unspecified atom stereocenters. The van der Waals surface area contributed by atoms with Crippen LogP contribution in [0.4, 0.5) is 0 Å². The van der Waals surface area contributed by atoms with Gasteiger partial charge >= 0.3 is 32.7 Å². The molecule has 0 aliphatic carbocycles. The Labute approximate surface area is 118 Å². The van der Waals surface area contributed by atoms with Gasteiger partial charge in [-0.25, -0.2) is 0 Å². The number of rotatable bonds is 5. The summed E-state index contributed by atoms with van der Waals surface area (Å²) in [7, 11) is 0. The number of carbonyl (C=O) groups excluding carboxylic acids is 1. The second kappa shape index (κ2) is 7.36. The molecule has 3 heteroatoms. The normalized spacial score (nSPS) is 13.6. The quantitative estimate of drug-likeness (QED) is 0.556. The van der Waals surface area contributed by atoms with E-state index >= 15 is 0 Å². The van der Waals surface area contributed by atoms with Crippen molar-refractivity contribution < 1.29 is 37.5 Å². The molecule has 0 aromatic rings. The van der Waals surface area contributed by atoms with Crippen LogP contribution in [0.5, 0.6) is 0 Å². The Morgan fingerprint density at radius 1 is 1.43 bits per heavy atom. The molecule has 1 atom stereocenters. The molecule has 0 aromatic heterocycles. The summed E-state index contributed by atoms with van der Waals surface area (Å²) in [5.74, 6) is 1.91. The zero-order valence-corrected chi connectivity index (χ0v) is 13.4. The maximum absolute atomic E-state index is 10.8. The number of carbonyl (C=O) groups is 1. The van der Waals surface area contributed by atoms with E-state index in [4.69, 9.17) is 11.6 Å². The fourth-order valence-electron chi connectivity index (χ4n) is 1.42. The van der Waals surface area contributed by atoms with Crippen LogP contribution in [0.2, 0.25) is 0 Å². The molecule has 78 valence electrons. The number of halogens is 1. The molecule has 0 fully saturated rings. The molecule has 0 bridgehead atoms. The SMILES string of the molecule is C[C-](C)CC(C)C(C)(C)CC(=O)Cl.[Y+3]. The summed E-state index contributed by atoms with van der Waals surface area (Å²) >= 11 is 5.40. The molecule has 0 aromatic carbocycles. The van der Waals surface area contributed by atoms with Crippen LogP contribution in [0, 0.1) is 17.3 Å². The van der Waals surface area contributed by atoms with E-state index in [1.165, 1.54) is 5.92 Å². The maximum Gasteiger partial charge on any atom is 3.00 e. The second-order valence-corrected chi connectivity index (χ2v) is 5.25. The van der Waals surface area contributed by atoms with Crippen LogP contribution in [0.1, 0.15) is 47.5 Å². The third kappa shape index (κ3) is 7.37. The van der Waals surface area contributed by atoms with E-state index in [1.54, 1.807) is 0 Å². The Morgan fingerprint density at radius 2 is 1.86 bits per heavy atom. The van der Waals surface area contributed by atoms with Gasteiger partial charge < -0.3 is 5.92 Å². The van der Waals surface area contributed by atoms with Crippen molar-refractivity contribution in [3.63, 3.8) is 0 Å². The minimum atomic E-state index is -0.231. The largest absolute Gasteiger partial charge is 3.00 e. The van der Waals surface area contributed by atoms with Gasteiger partial charge in [-0.15, -0.1) is 0 Å². The minimum Gasteiger partial charge on any atom is -0.319 e. The summed E-state index contributed by atoms with van der Waals surface area (Å²) in [6.07, 6.45) is 1.53. The van der Waals surface area contributed by atoms with Crippen molar-refractivity contribution in [3.8, 4) is 0 Å². The van der Waals surface area contributed by atoms with Crippen molar-refractivity contribution in [1.29, 1.82) is 0 Å². The second-order valence-electron chi connectivity index (χ2n) is 4.83. The maximum atomic E-state index is 10.8. The van der Waals surface area contributed by atoms with Crippen molar-refractivity contribution in [1.82, 2.24) is 0 Å². The third-order valence-electron chi connectivity index (χ3n) is 2.64. The molecule has 0 rings (SSSR count). The van der Waals surface area contributed by atoms with E-state index in [1.807, 2.05) is 0 Å². The molecular weight excluding hydrogens is 272 g/mol. The summed E-state index contributed by atoms with van der Waals surface area (Å²) < 4.78 is 0. The predicted octanol–water partition coefficient (Wildman–Crippen LogP) is 3.81. The van der Waals surface area contributed by atoms with Gasteiger partial charge in [-0.2, -0.15) is 20.3 Å². The molecule has 0 spiro atoms. The van der Waals surface area contributed by atoms with E-state index in [0.717, 1.165) is 6.42 Å². The van der Waals surface area contributed by atoms with Gasteiger partial charge in [-0.3, -0.25) is 4.79 Å². The van der Waals surface area contributed by atoms with Crippen molar-refractivity contribution in [3.05, 3.63) is 5.92 Å². The smallest absolute Gasteiger partial charge is 0.319 e. The van der Waals surface area contributed by atoms with Crippen LogP contribution in [-0.2, 0) is 37.5 Å². The zero-order valence-electron chi connectivity index (χ0n) is 9.86. The fourth-order valence-corrected chi connectivity index (χ4v) is 1.77. The van der Waals surface area contributed by atoms with E-state index < -0.39 is 0 Å². The number of hydrogen-bond acceptors (Lipinski definition) is 1. The van der Waals surface area contributed by atoms with Crippen LogP contribution in [0.3, 0.4) is 0 Å². The fraction of sp³-hybridized carbons (Fsp3) is 0.818. The van der Waals surface area contributed by atoms with Crippen LogP contribution in [0.25, 0.3) is 0 Å². The topological polar surface area (TPSA) is 17.1 Å². The number of hydrogen-bond donors (Lipinski definition) is 0. The Balaban J connectivity index is 0. The van der Waals surface area contributed by atoms with Gasteiger partial charge in [-0.05, 0) is 17.0 Å². The van der Waals surface area contributed by atoms with Crippen LogP contribution < -0.4 is 0 Å². The van der Waals surface area contributed by atoms with E-state index in [2.05, 4.69) is 34.6 Å².